The molecule has 1 saturated heterocycles. The summed E-state index contributed by atoms with van der Waals surface area (Å²) in [4.78, 5) is 0. The SMILES string of the molecule is Cc1nn(C)cc1C=C(F)B1OC(C)(C)C(C)(C)O1. The van der Waals surface area contributed by atoms with Crippen LogP contribution in [0.25, 0.3) is 6.08 Å². The highest BCUT2D eigenvalue weighted by atomic mass is 19.1. The third-order valence-electron chi connectivity index (χ3n) is 3.82. The van der Waals surface area contributed by atoms with Gasteiger partial charge >= 0.3 is 7.12 Å². The summed E-state index contributed by atoms with van der Waals surface area (Å²) < 4.78 is 27.2. The van der Waals surface area contributed by atoms with Crippen LogP contribution in [0.4, 0.5) is 4.39 Å². The smallest absolute Gasteiger partial charge is 0.398 e. The predicted molar refractivity (Wildman–Crippen MR) is 73.1 cm³/mol. The fourth-order valence-corrected chi connectivity index (χ4v) is 1.93. The van der Waals surface area contributed by atoms with E-state index in [4.69, 9.17) is 9.31 Å². The van der Waals surface area contributed by atoms with Gasteiger partial charge in [0.2, 0.25) is 0 Å². The van der Waals surface area contributed by atoms with E-state index in [0.29, 0.717) is 0 Å². The van der Waals surface area contributed by atoms with Crippen LogP contribution < -0.4 is 0 Å². The lowest BCUT2D eigenvalue weighted by Gasteiger charge is -2.32. The van der Waals surface area contributed by atoms with E-state index in [-0.39, 0.29) is 0 Å². The Bertz CT molecular complexity index is 507. The van der Waals surface area contributed by atoms with Gasteiger partial charge in [0.25, 0.3) is 0 Å². The van der Waals surface area contributed by atoms with Crippen LogP contribution in [0.15, 0.2) is 11.9 Å². The highest BCUT2D eigenvalue weighted by Gasteiger charge is 2.53. The van der Waals surface area contributed by atoms with Crippen LogP contribution in [0.3, 0.4) is 0 Å². The van der Waals surface area contributed by atoms with Crippen LogP contribution in [0.2, 0.25) is 0 Å². The van der Waals surface area contributed by atoms with E-state index in [2.05, 4.69) is 5.10 Å². The van der Waals surface area contributed by atoms with Gasteiger partial charge in [-0.3, -0.25) is 4.68 Å². The van der Waals surface area contributed by atoms with Gasteiger partial charge in [0.15, 0.2) is 0 Å². The normalized spacial score (nSPS) is 22.1. The number of nitrogens with zero attached hydrogens (tertiary/aromatic N) is 2. The molecular formula is C13H20BFN2O2. The lowest BCUT2D eigenvalue weighted by molar-refractivity contribution is 0.00578. The van der Waals surface area contributed by atoms with Crippen molar-refractivity contribution in [3.05, 3.63) is 23.2 Å². The first kappa shape index (κ1) is 14.3. The van der Waals surface area contributed by atoms with Crippen molar-refractivity contribution in [2.75, 3.05) is 0 Å². The summed E-state index contributed by atoms with van der Waals surface area (Å²) in [7, 11) is 0.849. The topological polar surface area (TPSA) is 36.3 Å². The van der Waals surface area contributed by atoms with Crippen molar-refractivity contribution in [1.29, 1.82) is 0 Å². The number of hydrogen-bond acceptors (Lipinski definition) is 3. The molecular weight excluding hydrogens is 246 g/mol. The maximum absolute atomic E-state index is 14.2. The Balaban J connectivity index is 2.22. The molecule has 0 spiro atoms. The van der Waals surface area contributed by atoms with Crippen LogP contribution in [0, 0.1) is 6.92 Å². The van der Waals surface area contributed by atoms with E-state index in [1.807, 2.05) is 34.6 Å². The molecule has 2 heterocycles. The molecule has 0 amide bonds. The first-order chi connectivity index (χ1) is 8.62. The average Bonchev–Trinajstić information content (AvgIpc) is 2.65. The van der Waals surface area contributed by atoms with Crippen molar-refractivity contribution in [3.63, 3.8) is 0 Å². The van der Waals surface area contributed by atoms with Gasteiger partial charge in [0.05, 0.1) is 16.9 Å². The first-order valence-electron chi connectivity index (χ1n) is 6.35. The van der Waals surface area contributed by atoms with Crippen molar-refractivity contribution in [1.82, 2.24) is 9.78 Å². The number of hydrogen-bond donors (Lipinski definition) is 0. The summed E-state index contributed by atoms with van der Waals surface area (Å²) in [5, 5.41) is 4.17. The number of halogens is 1. The molecule has 0 aromatic carbocycles. The molecule has 6 heteroatoms. The Morgan fingerprint density at radius 1 is 1.32 bits per heavy atom. The summed E-state index contributed by atoms with van der Waals surface area (Å²) >= 11 is 0. The second kappa shape index (κ2) is 4.46. The molecule has 1 fully saturated rings. The van der Waals surface area contributed by atoms with Crippen LogP contribution in [-0.2, 0) is 16.4 Å². The number of rotatable bonds is 2. The van der Waals surface area contributed by atoms with Crippen LogP contribution in [0.1, 0.15) is 39.0 Å². The molecule has 0 bridgehead atoms. The molecule has 0 unspecified atom stereocenters. The zero-order valence-corrected chi connectivity index (χ0v) is 12.3. The van der Waals surface area contributed by atoms with Gasteiger partial charge in [-0.05, 0) is 40.7 Å². The van der Waals surface area contributed by atoms with Gasteiger partial charge in [-0.15, -0.1) is 0 Å². The van der Waals surface area contributed by atoms with Gasteiger partial charge in [0.1, 0.15) is 5.73 Å². The van der Waals surface area contributed by atoms with Crippen molar-refractivity contribution in [2.45, 2.75) is 45.8 Å². The molecule has 1 aromatic rings. The molecule has 1 aromatic heterocycles. The minimum atomic E-state index is -0.954. The highest BCUT2D eigenvalue weighted by Crippen LogP contribution is 2.39. The third kappa shape index (κ3) is 2.60. The van der Waals surface area contributed by atoms with Gasteiger partial charge in [-0.2, -0.15) is 5.10 Å². The predicted octanol–water partition coefficient (Wildman–Crippen LogP) is 2.67. The molecule has 1 aliphatic heterocycles. The summed E-state index contributed by atoms with van der Waals surface area (Å²) in [6, 6.07) is 0. The van der Waals surface area contributed by atoms with E-state index in [1.165, 1.54) is 6.08 Å². The van der Waals surface area contributed by atoms with Crippen molar-refractivity contribution in [3.8, 4) is 0 Å². The zero-order chi connectivity index (χ0) is 14.4. The Labute approximate surface area is 113 Å². The van der Waals surface area contributed by atoms with E-state index in [9.17, 15) is 4.39 Å². The lowest BCUT2D eigenvalue weighted by Crippen LogP contribution is -2.41. The zero-order valence-electron chi connectivity index (χ0n) is 12.3. The summed E-state index contributed by atoms with van der Waals surface area (Å²) in [6.45, 7) is 9.43. The monoisotopic (exact) mass is 266 g/mol. The Kier molecular flexibility index (Phi) is 3.35. The van der Waals surface area contributed by atoms with Gasteiger partial charge in [0, 0.05) is 18.8 Å². The van der Waals surface area contributed by atoms with Crippen molar-refractivity contribution in [2.24, 2.45) is 7.05 Å². The fourth-order valence-electron chi connectivity index (χ4n) is 1.93. The molecule has 0 aliphatic carbocycles. The molecule has 19 heavy (non-hydrogen) atoms. The number of aryl methyl sites for hydroxylation is 2. The van der Waals surface area contributed by atoms with Crippen LogP contribution >= 0.6 is 0 Å². The van der Waals surface area contributed by atoms with Gasteiger partial charge in [-0.25, -0.2) is 4.39 Å². The second-order valence-electron chi connectivity index (χ2n) is 5.96. The van der Waals surface area contributed by atoms with Crippen molar-refractivity contribution >= 4 is 13.2 Å². The molecule has 2 rings (SSSR count). The third-order valence-corrected chi connectivity index (χ3v) is 3.82. The lowest BCUT2D eigenvalue weighted by atomic mass is 9.87. The Morgan fingerprint density at radius 3 is 2.26 bits per heavy atom. The Morgan fingerprint density at radius 2 is 1.84 bits per heavy atom. The maximum Gasteiger partial charge on any atom is 0.525 e. The standard InChI is InChI=1S/C13H20BFN2O2/c1-9-10(8-17(6)16-9)7-11(15)14-18-12(2,3)13(4,5)19-14/h7-8H,1-6H3. The van der Waals surface area contributed by atoms with E-state index in [1.54, 1.807) is 17.9 Å². The Hall–Kier alpha value is -1.14. The molecule has 104 valence electrons. The minimum Gasteiger partial charge on any atom is -0.398 e. The second-order valence-corrected chi connectivity index (χ2v) is 5.96. The molecule has 4 nitrogen and oxygen atoms in total. The van der Waals surface area contributed by atoms with Crippen LogP contribution in [0.5, 0.6) is 0 Å². The van der Waals surface area contributed by atoms with Gasteiger partial charge in [-0.1, -0.05) is 0 Å². The fraction of sp³-hybridized carbons (Fsp3) is 0.615. The molecule has 0 radical (unpaired) electrons. The summed E-state index contributed by atoms with van der Waals surface area (Å²) in [6.07, 6.45) is 3.19. The quantitative estimate of drug-likeness (QED) is 0.772. The summed E-state index contributed by atoms with van der Waals surface area (Å²) in [5.41, 5.74) is -0.00161. The van der Waals surface area contributed by atoms with Crippen LogP contribution in [-0.4, -0.2) is 28.1 Å². The largest absolute Gasteiger partial charge is 0.525 e. The minimum absolute atomic E-state index is 0.435. The molecule has 0 N–H and O–H groups in total. The highest BCUT2D eigenvalue weighted by molar-refractivity contribution is 6.54. The number of aromatic nitrogens is 2. The van der Waals surface area contributed by atoms with E-state index < -0.39 is 24.0 Å². The van der Waals surface area contributed by atoms with E-state index in [0.717, 1.165) is 11.3 Å². The molecule has 0 atom stereocenters. The van der Waals surface area contributed by atoms with E-state index >= 15 is 0 Å². The summed E-state index contributed by atoms with van der Waals surface area (Å²) in [5.74, 6) is 0. The first-order valence-corrected chi connectivity index (χ1v) is 6.35. The average molecular weight is 266 g/mol. The van der Waals surface area contributed by atoms with Gasteiger partial charge < -0.3 is 9.31 Å². The van der Waals surface area contributed by atoms with Crippen molar-refractivity contribution < 1.29 is 13.7 Å². The molecule has 1 aliphatic rings. The maximum atomic E-state index is 14.2. The molecule has 0 saturated carbocycles.